The lowest BCUT2D eigenvalue weighted by Crippen LogP contribution is -2.10. The van der Waals surface area contributed by atoms with Crippen molar-refractivity contribution in [1.82, 2.24) is 0 Å². The summed E-state index contributed by atoms with van der Waals surface area (Å²) >= 11 is 0. The van der Waals surface area contributed by atoms with E-state index in [1.807, 2.05) is 0 Å². The first-order chi connectivity index (χ1) is 7.03. The zero-order valence-corrected chi connectivity index (χ0v) is 10.2. The summed E-state index contributed by atoms with van der Waals surface area (Å²) in [5.41, 5.74) is 1.68. The maximum Gasteiger partial charge on any atom is 0.118 e. The fourth-order valence-corrected chi connectivity index (χ4v) is 1.73. The van der Waals surface area contributed by atoms with Crippen molar-refractivity contribution < 1.29 is 4.74 Å². The normalized spacial score (nSPS) is 16.7. The van der Waals surface area contributed by atoms with Crippen LogP contribution < -0.4 is 0 Å². The quantitative estimate of drug-likeness (QED) is 0.625. The minimum absolute atomic E-state index is 0.319. The first-order valence-corrected chi connectivity index (χ1v) is 5.66. The van der Waals surface area contributed by atoms with Crippen molar-refractivity contribution in [2.24, 2.45) is 5.41 Å². The monoisotopic (exact) mass is 206 g/mol. The second-order valence-electron chi connectivity index (χ2n) is 5.21. The Hall–Kier alpha value is -0.980. The van der Waals surface area contributed by atoms with E-state index in [0.717, 1.165) is 25.0 Å². The molecule has 1 heteroatoms. The van der Waals surface area contributed by atoms with Gasteiger partial charge in [-0.1, -0.05) is 39.5 Å². The summed E-state index contributed by atoms with van der Waals surface area (Å²) in [7, 11) is 0. The number of rotatable bonds is 4. The van der Waals surface area contributed by atoms with Gasteiger partial charge in [0.2, 0.25) is 0 Å². The topological polar surface area (TPSA) is 9.23 Å². The molecule has 0 bridgehead atoms. The largest absolute Gasteiger partial charge is 0.490 e. The Kier molecular flexibility index (Phi) is 4.19. The average Bonchev–Trinajstić information content (AvgIpc) is 2.14. The van der Waals surface area contributed by atoms with Crippen LogP contribution in [0.3, 0.4) is 0 Å². The Morgan fingerprint density at radius 3 is 2.60 bits per heavy atom. The van der Waals surface area contributed by atoms with Crippen LogP contribution in [-0.2, 0) is 4.74 Å². The summed E-state index contributed by atoms with van der Waals surface area (Å²) in [6.07, 6.45) is 9.63. The van der Waals surface area contributed by atoms with Crippen molar-refractivity contribution in [3.63, 3.8) is 0 Å². The van der Waals surface area contributed by atoms with Crippen molar-refractivity contribution in [2.45, 2.75) is 40.0 Å². The van der Waals surface area contributed by atoms with Crippen molar-refractivity contribution in [3.8, 4) is 0 Å². The van der Waals surface area contributed by atoms with E-state index in [0.29, 0.717) is 12.0 Å². The van der Waals surface area contributed by atoms with Crippen molar-refractivity contribution in [3.05, 3.63) is 36.1 Å². The predicted molar refractivity (Wildman–Crippen MR) is 65.6 cm³/mol. The molecule has 0 aromatic rings. The fraction of sp³-hybridized carbons (Fsp3) is 0.571. The minimum Gasteiger partial charge on any atom is -0.490 e. The molecule has 0 fully saturated rings. The van der Waals surface area contributed by atoms with E-state index in [2.05, 4.69) is 39.5 Å². The Bertz CT molecular complexity index is 276. The summed E-state index contributed by atoms with van der Waals surface area (Å²) in [5.74, 6) is 1.07. The molecule has 0 saturated carbocycles. The third kappa shape index (κ3) is 4.37. The summed E-state index contributed by atoms with van der Waals surface area (Å²) < 4.78 is 5.67. The van der Waals surface area contributed by atoms with E-state index in [4.69, 9.17) is 4.74 Å². The predicted octanol–water partition coefficient (Wildman–Crippen LogP) is 4.23. The van der Waals surface area contributed by atoms with Crippen molar-refractivity contribution >= 4 is 0 Å². The molecule has 0 atom stereocenters. The first kappa shape index (κ1) is 12.1. The van der Waals surface area contributed by atoms with Crippen LogP contribution in [-0.4, -0.2) is 6.61 Å². The van der Waals surface area contributed by atoms with Gasteiger partial charge in [-0.25, -0.2) is 0 Å². The number of ether oxygens (including phenoxy) is 1. The molecule has 0 N–H and O–H groups in total. The smallest absolute Gasteiger partial charge is 0.118 e. The maximum atomic E-state index is 5.67. The molecule has 1 nitrogen and oxygen atoms in total. The van der Waals surface area contributed by atoms with Crippen LogP contribution in [0.15, 0.2) is 36.1 Å². The number of hydrogen-bond acceptors (Lipinski definition) is 1. The second-order valence-corrected chi connectivity index (χ2v) is 5.21. The summed E-state index contributed by atoms with van der Waals surface area (Å²) in [4.78, 5) is 0. The van der Waals surface area contributed by atoms with Gasteiger partial charge in [0.1, 0.15) is 12.4 Å². The van der Waals surface area contributed by atoms with Crippen molar-refractivity contribution in [2.75, 3.05) is 6.61 Å². The molecule has 0 heterocycles. The highest BCUT2D eigenvalue weighted by Crippen LogP contribution is 2.31. The van der Waals surface area contributed by atoms with Crippen LogP contribution in [0.1, 0.15) is 40.0 Å². The Morgan fingerprint density at radius 1 is 1.33 bits per heavy atom. The molecule has 0 amide bonds. The lowest BCUT2D eigenvalue weighted by molar-refractivity contribution is 0.245. The van der Waals surface area contributed by atoms with Gasteiger partial charge in [-0.2, -0.15) is 0 Å². The van der Waals surface area contributed by atoms with Gasteiger partial charge in [0.05, 0.1) is 0 Å². The summed E-state index contributed by atoms with van der Waals surface area (Å²) in [6, 6.07) is 0. The number of allylic oxidation sites excluding steroid dienone is 3. The fourth-order valence-electron chi connectivity index (χ4n) is 1.73. The van der Waals surface area contributed by atoms with Crippen LogP contribution in [0.4, 0.5) is 0 Å². The van der Waals surface area contributed by atoms with Crippen LogP contribution in [0.5, 0.6) is 0 Å². The molecule has 0 aromatic heterocycles. The lowest BCUT2D eigenvalue weighted by Gasteiger charge is -2.24. The summed E-state index contributed by atoms with van der Waals surface area (Å²) in [6.45, 7) is 11.1. The van der Waals surface area contributed by atoms with E-state index in [-0.39, 0.29) is 0 Å². The molecular formula is C14H22O. The first-order valence-electron chi connectivity index (χ1n) is 5.66. The van der Waals surface area contributed by atoms with Gasteiger partial charge in [-0.3, -0.25) is 0 Å². The molecule has 84 valence electrons. The molecule has 0 spiro atoms. The Labute approximate surface area is 93.5 Å². The van der Waals surface area contributed by atoms with Gasteiger partial charge in [0.25, 0.3) is 0 Å². The van der Waals surface area contributed by atoms with E-state index in [9.17, 15) is 0 Å². The van der Waals surface area contributed by atoms with Gasteiger partial charge < -0.3 is 4.74 Å². The van der Waals surface area contributed by atoms with Crippen LogP contribution in [0.2, 0.25) is 0 Å². The molecule has 0 unspecified atom stereocenters. The molecule has 1 aliphatic carbocycles. The van der Waals surface area contributed by atoms with E-state index >= 15 is 0 Å². The molecule has 0 radical (unpaired) electrons. The van der Waals surface area contributed by atoms with Crippen molar-refractivity contribution in [1.29, 1.82) is 0 Å². The third-order valence-corrected chi connectivity index (χ3v) is 2.28. The SMILES string of the molecule is C=CCOC1=CCCC=C1CC(C)(C)C. The molecule has 0 aromatic carbocycles. The van der Waals surface area contributed by atoms with Crippen LogP contribution >= 0.6 is 0 Å². The lowest BCUT2D eigenvalue weighted by atomic mass is 9.85. The maximum absolute atomic E-state index is 5.67. The van der Waals surface area contributed by atoms with Crippen LogP contribution in [0.25, 0.3) is 0 Å². The molecule has 0 saturated heterocycles. The molecule has 15 heavy (non-hydrogen) atoms. The minimum atomic E-state index is 0.319. The second kappa shape index (κ2) is 5.20. The third-order valence-electron chi connectivity index (χ3n) is 2.28. The van der Waals surface area contributed by atoms with E-state index < -0.39 is 0 Å². The van der Waals surface area contributed by atoms with Gasteiger partial charge in [0, 0.05) is 0 Å². The summed E-state index contributed by atoms with van der Waals surface area (Å²) in [5, 5.41) is 0. The number of hydrogen-bond donors (Lipinski definition) is 0. The van der Waals surface area contributed by atoms with E-state index in [1.54, 1.807) is 6.08 Å². The van der Waals surface area contributed by atoms with Gasteiger partial charge in [0.15, 0.2) is 0 Å². The van der Waals surface area contributed by atoms with Crippen LogP contribution in [0, 0.1) is 5.41 Å². The molecule has 1 aliphatic rings. The van der Waals surface area contributed by atoms with Gasteiger partial charge in [-0.15, -0.1) is 0 Å². The van der Waals surface area contributed by atoms with E-state index in [1.165, 1.54) is 5.57 Å². The zero-order chi connectivity index (χ0) is 11.3. The highest BCUT2D eigenvalue weighted by atomic mass is 16.5. The zero-order valence-electron chi connectivity index (χ0n) is 10.2. The Balaban J connectivity index is 2.64. The molecular weight excluding hydrogens is 184 g/mol. The highest BCUT2D eigenvalue weighted by Gasteiger charge is 2.18. The highest BCUT2D eigenvalue weighted by molar-refractivity contribution is 5.29. The molecule has 0 aliphatic heterocycles. The van der Waals surface area contributed by atoms with Gasteiger partial charge >= 0.3 is 0 Å². The standard InChI is InChI=1S/C14H22O/c1-5-10-15-13-9-7-6-8-12(13)11-14(2,3)4/h5,8-9H,1,6-7,10-11H2,2-4H3. The average molecular weight is 206 g/mol. The molecule has 1 rings (SSSR count). The van der Waals surface area contributed by atoms with Gasteiger partial charge in [-0.05, 0) is 36.3 Å². The Morgan fingerprint density at radius 2 is 2.00 bits per heavy atom.